The van der Waals surface area contributed by atoms with Crippen LogP contribution in [0.3, 0.4) is 0 Å². The molecule has 1 amide bonds. The van der Waals surface area contributed by atoms with Crippen molar-refractivity contribution < 1.29 is 4.79 Å². The number of piperidine rings is 1. The highest BCUT2D eigenvalue weighted by Crippen LogP contribution is 2.18. The van der Waals surface area contributed by atoms with Gasteiger partial charge in [0.2, 0.25) is 5.91 Å². The van der Waals surface area contributed by atoms with Gasteiger partial charge in [0.1, 0.15) is 0 Å². The molecule has 1 heterocycles. The summed E-state index contributed by atoms with van der Waals surface area (Å²) >= 11 is 0. The molecule has 0 radical (unpaired) electrons. The Bertz CT molecular complexity index is 251. The second kappa shape index (κ2) is 10.5. The summed E-state index contributed by atoms with van der Waals surface area (Å²) in [6.07, 6.45) is 6.89. The van der Waals surface area contributed by atoms with E-state index in [0.717, 1.165) is 25.9 Å². The summed E-state index contributed by atoms with van der Waals surface area (Å²) in [5, 5.41) is 2.95. The standard InChI is InChI=1S/C14H29N3O.ClH/c1-3-7-13(15)14(18)16-9-11-17-10-6-5-8-12(17)4-2;/h12-13H,3-11,15H2,1-2H3,(H,16,18);1H. The lowest BCUT2D eigenvalue weighted by atomic mass is 10.0. The fourth-order valence-electron chi connectivity index (χ4n) is 2.71. The average Bonchev–Trinajstić information content (AvgIpc) is 2.39. The topological polar surface area (TPSA) is 58.4 Å². The number of hydrogen-bond acceptors (Lipinski definition) is 3. The van der Waals surface area contributed by atoms with Crippen LogP contribution in [0, 0.1) is 0 Å². The van der Waals surface area contributed by atoms with Crippen molar-refractivity contribution in [3.05, 3.63) is 0 Å². The van der Waals surface area contributed by atoms with Crippen LogP contribution in [-0.2, 0) is 4.79 Å². The van der Waals surface area contributed by atoms with Crippen molar-refractivity contribution in [2.45, 2.75) is 64.5 Å². The van der Waals surface area contributed by atoms with Crippen LogP contribution in [0.15, 0.2) is 0 Å². The molecule has 1 aliphatic rings. The molecule has 114 valence electrons. The van der Waals surface area contributed by atoms with Crippen molar-refractivity contribution in [1.29, 1.82) is 0 Å². The highest BCUT2D eigenvalue weighted by molar-refractivity contribution is 5.85. The normalized spacial score (nSPS) is 21.5. The summed E-state index contributed by atoms with van der Waals surface area (Å²) in [5.41, 5.74) is 5.77. The molecule has 1 saturated heterocycles. The molecular formula is C14H30ClN3O. The van der Waals surface area contributed by atoms with Crippen molar-refractivity contribution in [3.63, 3.8) is 0 Å². The lowest BCUT2D eigenvalue weighted by Gasteiger charge is -2.35. The van der Waals surface area contributed by atoms with Crippen molar-refractivity contribution in [1.82, 2.24) is 10.2 Å². The fraction of sp³-hybridized carbons (Fsp3) is 0.929. The SMILES string of the molecule is CCCC(N)C(=O)NCCN1CCCCC1CC.Cl. The molecule has 5 heteroatoms. The average molecular weight is 292 g/mol. The van der Waals surface area contributed by atoms with Crippen LogP contribution in [0.1, 0.15) is 52.4 Å². The van der Waals surface area contributed by atoms with Gasteiger partial charge in [0, 0.05) is 19.1 Å². The molecule has 1 rings (SSSR count). The maximum Gasteiger partial charge on any atom is 0.236 e. The summed E-state index contributed by atoms with van der Waals surface area (Å²) < 4.78 is 0. The zero-order chi connectivity index (χ0) is 13.4. The molecular weight excluding hydrogens is 262 g/mol. The third-order valence-corrected chi connectivity index (χ3v) is 3.86. The van der Waals surface area contributed by atoms with E-state index in [1.54, 1.807) is 0 Å². The van der Waals surface area contributed by atoms with E-state index in [-0.39, 0.29) is 24.4 Å². The third kappa shape index (κ3) is 6.59. The van der Waals surface area contributed by atoms with E-state index in [0.29, 0.717) is 6.04 Å². The number of rotatable bonds is 7. The number of hydrogen-bond donors (Lipinski definition) is 2. The number of carbonyl (C=O) groups excluding carboxylic acids is 1. The van der Waals surface area contributed by atoms with Gasteiger partial charge in [-0.3, -0.25) is 9.69 Å². The molecule has 3 N–H and O–H groups in total. The molecule has 4 nitrogen and oxygen atoms in total. The molecule has 1 aliphatic heterocycles. The Hall–Kier alpha value is -0.320. The van der Waals surface area contributed by atoms with Crippen molar-refractivity contribution >= 4 is 18.3 Å². The van der Waals surface area contributed by atoms with E-state index in [9.17, 15) is 4.79 Å². The van der Waals surface area contributed by atoms with Gasteiger partial charge in [0.05, 0.1) is 6.04 Å². The van der Waals surface area contributed by atoms with Gasteiger partial charge in [-0.1, -0.05) is 26.7 Å². The summed E-state index contributed by atoms with van der Waals surface area (Å²) in [7, 11) is 0. The number of amides is 1. The van der Waals surface area contributed by atoms with Crippen molar-refractivity contribution in [3.8, 4) is 0 Å². The number of nitrogens with one attached hydrogen (secondary N) is 1. The first kappa shape index (κ1) is 18.7. The third-order valence-electron chi connectivity index (χ3n) is 3.86. The van der Waals surface area contributed by atoms with Crippen LogP contribution in [0.2, 0.25) is 0 Å². The van der Waals surface area contributed by atoms with Gasteiger partial charge in [-0.25, -0.2) is 0 Å². The molecule has 0 aliphatic carbocycles. The maximum atomic E-state index is 11.7. The van der Waals surface area contributed by atoms with E-state index in [2.05, 4.69) is 17.1 Å². The minimum Gasteiger partial charge on any atom is -0.353 e. The Morgan fingerprint density at radius 1 is 1.42 bits per heavy atom. The second-order valence-electron chi connectivity index (χ2n) is 5.28. The van der Waals surface area contributed by atoms with Crippen LogP contribution in [0.25, 0.3) is 0 Å². The zero-order valence-electron chi connectivity index (χ0n) is 12.4. The van der Waals surface area contributed by atoms with Crippen molar-refractivity contribution in [2.24, 2.45) is 5.73 Å². The van der Waals surface area contributed by atoms with E-state index in [4.69, 9.17) is 5.73 Å². The molecule has 0 aromatic carbocycles. The number of carbonyl (C=O) groups is 1. The number of nitrogens with two attached hydrogens (primary N) is 1. The Labute approximate surface area is 123 Å². The molecule has 0 saturated carbocycles. The number of nitrogens with zero attached hydrogens (tertiary/aromatic N) is 1. The summed E-state index contributed by atoms with van der Waals surface area (Å²) in [6, 6.07) is 0.373. The van der Waals surface area contributed by atoms with Crippen molar-refractivity contribution in [2.75, 3.05) is 19.6 Å². The maximum absolute atomic E-state index is 11.7. The molecule has 0 aromatic heterocycles. The molecule has 0 bridgehead atoms. The largest absolute Gasteiger partial charge is 0.353 e. The minimum absolute atomic E-state index is 0. The van der Waals surface area contributed by atoms with E-state index < -0.39 is 0 Å². The Morgan fingerprint density at radius 2 is 2.16 bits per heavy atom. The van der Waals surface area contributed by atoms with Crippen LogP contribution in [-0.4, -0.2) is 42.5 Å². The first-order valence-corrected chi connectivity index (χ1v) is 7.46. The highest BCUT2D eigenvalue weighted by Gasteiger charge is 2.20. The van der Waals surface area contributed by atoms with Gasteiger partial charge in [-0.05, 0) is 32.2 Å². The summed E-state index contributed by atoms with van der Waals surface area (Å²) in [4.78, 5) is 14.2. The van der Waals surface area contributed by atoms with Gasteiger partial charge in [0.25, 0.3) is 0 Å². The van der Waals surface area contributed by atoms with Crippen LogP contribution in [0.4, 0.5) is 0 Å². The predicted octanol–water partition coefficient (Wildman–Crippen LogP) is 1.92. The zero-order valence-corrected chi connectivity index (χ0v) is 13.2. The first-order chi connectivity index (χ1) is 8.69. The molecule has 19 heavy (non-hydrogen) atoms. The van der Waals surface area contributed by atoms with Gasteiger partial charge >= 0.3 is 0 Å². The van der Waals surface area contributed by atoms with E-state index in [1.165, 1.54) is 32.2 Å². The van der Waals surface area contributed by atoms with Gasteiger partial charge < -0.3 is 11.1 Å². The van der Waals surface area contributed by atoms with E-state index >= 15 is 0 Å². The predicted molar refractivity (Wildman–Crippen MR) is 82.6 cm³/mol. The molecule has 1 fully saturated rings. The van der Waals surface area contributed by atoms with Gasteiger partial charge in [-0.15, -0.1) is 12.4 Å². The number of likely N-dealkylation sites (tertiary alicyclic amines) is 1. The van der Waals surface area contributed by atoms with Gasteiger partial charge in [0.15, 0.2) is 0 Å². The smallest absolute Gasteiger partial charge is 0.236 e. The Kier molecular flexibility index (Phi) is 10.3. The van der Waals surface area contributed by atoms with E-state index in [1.807, 2.05) is 6.92 Å². The highest BCUT2D eigenvalue weighted by atomic mass is 35.5. The Morgan fingerprint density at radius 3 is 2.79 bits per heavy atom. The van der Waals surface area contributed by atoms with Crippen LogP contribution in [0.5, 0.6) is 0 Å². The quantitative estimate of drug-likeness (QED) is 0.753. The van der Waals surface area contributed by atoms with Crippen LogP contribution < -0.4 is 11.1 Å². The molecule has 0 aromatic rings. The summed E-state index contributed by atoms with van der Waals surface area (Å²) in [5.74, 6) is 0.00177. The molecule has 2 unspecified atom stereocenters. The summed E-state index contributed by atoms with van der Waals surface area (Å²) in [6.45, 7) is 7.16. The monoisotopic (exact) mass is 291 g/mol. The Balaban J connectivity index is 0.00000324. The molecule has 0 spiro atoms. The lowest BCUT2D eigenvalue weighted by molar-refractivity contribution is -0.122. The number of halogens is 1. The first-order valence-electron chi connectivity index (χ1n) is 7.46. The molecule has 2 atom stereocenters. The second-order valence-corrected chi connectivity index (χ2v) is 5.28. The van der Waals surface area contributed by atoms with Crippen LogP contribution >= 0.6 is 12.4 Å². The minimum atomic E-state index is -0.335. The fourth-order valence-corrected chi connectivity index (χ4v) is 2.71. The van der Waals surface area contributed by atoms with Gasteiger partial charge in [-0.2, -0.15) is 0 Å². The lowest BCUT2D eigenvalue weighted by Crippen LogP contribution is -2.46.